The lowest BCUT2D eigenvalue weighted by Gasteiger charge is -2.51. The van der Waals surface area contributed by atoms with Gasteiger partial charge in [0.1, 0.15) is 0 Å². The van der Waals surface area contributed by atoms with Crippen LogP contribution in [0.2, 0.25) is 59.4 Å². The van der Waals surface area contributed by atoms with Crippen LogP contribution in [0.5, 0.6) is 0 Å². The van der Waals surface area contributed by atoms with Crippen LogP contribution < -0.4 is 5.73 Å². The van der Waals surface area contributed by atoms with Crippen LogP contribution in [-0.4, -0.2) is 40.3 Å². The highest BCUT2D eigenvalue weighted by Gasteiger charge is 2.55. The predicted molar refractivity (Wildman–Crippen MR) is 189 cm³/mol. The van der Waals surface area contributed by atoms with Gasteiger partial charge in [0.25, 0.3) is 0 Å². The van der Waals surface area contributed by atoms with E-state index in [0.717, 1.165) is 67.5 Å². The molecule has 0 spiro atoms. The van der Waals surface area contributed by atoms with Crippen LogP contribution in [-0.2, 0) is 12.3 Å². The minimum Gasteiger partial charge on any atom is -0.436 e. The first-order valence-electron chi connectivity index (χ1n) is 18.3. The second-order valence-electron chi connectivity index (χ2n) is 13.5. The van der Waals surface area contributed by atoms with Crippen molar-refractivity contribution >= 4 is 33.8 Å². The summed E-state index contributed by atoms with van der Waals surface area (Å²) in [6, 6.07) is 9.19. The maximum atomic E-state index is 7.99. The van der Waals surface area contributed by atoms with Crippen LogP contribution in [0.4, 0.5) is 0 Å². The monoisotopic (exact) mass is 641 g/mol. The molecule has 2 unspecified atom stereocenters. The molecule has 8 heteroatoms. The summed E-state index contributed by atoms with van der Waals surface area (Å²) in [5.74, 6) is 0. The fourth-order valence-corrected chi connectivity index (χ4v) is 34.3. The van der Waals surface area contributed by atoms with Crippen molar-refractivity contribution in [1.82, 2.24) is 0 Å². The van der Waals surface area contributed by atoms with Crippen molar-refractivity contribution in [3.63, 3.8) is 0 Å². The first-order chi connectivity index (χ1) is 19.8. The summed E-state index contributed by atoms with van der Waals surface area (Å²) >= 11 is 0. The van der Waals surface area contributed by atoms with Gasteiger partial charge in [0.15, 0.2) is 16.6 Å². The maximum Gasteiger partial charge on any atom is 0.318 e. The van der Waals surface area contributed by atoms with Gasteiger partial charge in [-0.2, -0.15) is 0 Å². The van der Waals surface area contributed by atoms with E-state index in [-0.39, 0.29) is 0 Å². The molecular weight excluding hydrogens is 571 g/mol. The molecule has 2 aliphatic rings. The molecule has 0 aliphatic heterocycles. The average molecular weight is 642 g/mol. The summed E-state index contributed by atoms with van der Waals surface area (Å²) < 4.78 is 23.7. The van der Waals surface area contributed by atoms with Crippen molar-refractivity contribution in [2.24, 2.45) is 5.73 Å². The molecule has 2 saturated carbocycles. The first kappa shape index (κ1) is 37.9. The lowest BCUT2D eigenvalue weighted by molar-refractivity contribution is 0.284. The minimum absolute atomic E-state index is 0.758. The zero-order chi connectivity index (χ0) is 30.2. The highest BCUT2D eigenvalue weighted by Crippen LogP contribution is 2.48. The Kier molecular flexibility index (Phi) is 17.8. The molecule has 2 radical (unpaired) electrons. The van der Waals surface area contributed by atoms with E-state index in [2.05, 4.69) is 41.5 Å². The fraction of sp³-hybridized carbons (Fsp3) is 0.970. The minimum atomic E-state index is -2.53. The zero-order valence-corrected chi connectivity index (χ0v) is 32.5. The van der Waals surface area contributed by atoms with E-state index in [1.54, 1.807) is 0 Å². The number of unbranched alkanes of at least 4 members (excludes halogenated alkanes) is 3. The molecule has 0 heterocycles. The van der Waals surface area contributed by atoms with E-state index in [9.17, 15) is 0 Å². The van der Waals surface area contributed by atoms with Gasteiger partial charge in [0.05, 0.1) is 0 Å². The van der Waals surface area contributed by atoms with Crippen molar-refractivity contribution < 1.29 is 12.3 Å². The van der Waals surface area contributed by atoms with Crippen molar-refractivity contribution in [1.29, 1.82) is 0 Å². The lowest BCUT2D eigenvalue weighted by atomic mass is 10.0. The summed E-state index contributed by atoms with van der Waals surface area (Å²) in [5, 5.41) is 0. The number of hydrogen-bond donors (Lipinski definition) is 1. The molecule has 2 atom stereocenters. The number of hydrogen-bond acceptors (Lipinski definition) is 4. The second-order valence-corrected chi connectivity index (χ2v) is 30.8. The van der Waals surface area contributed by atoms with Gasteiger partial charge in [-0.15, -0.1) is 0 Å². The van der Waals surface area contributed by atoms with Crippen molar-refractivity contribution in [3.8, 4) is 0 Å². The topological polar surface area (TPSA) is 53.7 Å². The summed E-state index contributed by atoms with van der Waals surface area (Å²) in [4.78, 5) is 0. The molecule has 0 saturated heterocycles. The summed E-state index contributed by atoms with van der Waals surface area (Å²) in [6.07, 6.45) is 19.1. The van der Waals surface area contributed by atoms with E-state index in [0.29, 0.717) is 0 Å². The van der Waals surface area contributed by atoms with Gasteiger partial charge in [0.2, 0.25) is 0 Å². The molecule has 0 aromatic rings. The van der Waals surface area contributed by atoms with Crippen LogP contribution in [0.25, 0.3) is 0 Å². The quantitative estimate of drug-likeness (QED) is 0.0944. The van der Waals surface area contributed by atoms with Gasteiger partial charge < -0.3 is 18.1 Å². The molecular formula is C33H71NO3Si4. The third-order valence-corrected chi connectivity index (χ3v) is 33.8. The molecule has 242 valence electrons. The molecule has 41 heavy (non-hydrogen) atoms. The maximum absolute atomic E-state index is 7.99. The van der Waals surface area contributed by atoms with E-state index in [1.807, 2.05) is 0 Å². The molecule has 4 nitrogen and oxygen atoms in total. The van der Waals surface area contributed by atoms with Crippen LogP contribution in [0.1, 0.15) is 138 Å². The van der Waals surface area contributed by atoms with Gasteiger partial charge in [-0.05, 0) is 85.7 Å². The highest BCUT2D eigenvalue weighted by molar-refractivity contribution is 6.92. The molecule has 2 rings (SSSR count). The smallest absolute Gasteiger partial charge is 0.318 e. The van der Waals surface area contributed by atoms with Gasteiger partial charge in [0, 0.05) is 0 Å². The van der Waals surface area contributed by atoms with Crippen LogP contribution >= 0.6 is 0 Å². The summed E-state index contributed by atoms with van der Waals surface area (Å²) in [7, 11) is -8.92. The van der Waals surface area contributed by atoms with Crippen molar-refractivity contribution in [3.05, 3.63) is 6.92 Å². The Morgan fingerprint density at radius 2 is 1.00 bits per heavy atom. The molecule has 0 aromatic carbocycles. The molecule has 2 fully saturated rings. The third-order valence-electron chi connectivity index (χ3n) is 11.3. The van der Waals surface area contributed by atoms with Gasteiger partial charge in [-0.25, -0.2) is 0 Å². The molecule has 0 bridgehead atoms. The SMILES string of the molecule is [CH]CCCC[Si](CC)(O[Si](CC)(CCCCN)O[Si](CC)(CC)O[Si](CC)(CC)C1CCCCC1)C1CCCCC1. The molecule has 0 amide bonds. The lowest BCUT2D eigenvalue weighted by Crippen LogP contribution is -2.63. The standard InChI is InChI=1S/C33H71NO3Si4/c1-8-15-23-30-39(11-4,33-27-20-17-21-28-33)36-41(14-7,31-24-22-29-34)37-40(12-5,13-6)35-38(9-2,10-3)32-25-18-16-19-26-32/h1,32-33H,8-31,34H2,2-7H3. The Bertz CT molecular complexity index is 681. The molecule has 2 N–H and O–H groups in total. The normalized spacial score (nSPS) is 21.1. The van der Waals surface area contributed by atoms with E-state index >= 15 is 0 Å². The zero-order valence-electron chi connectivity index (χ0n) is 28.5. The molecule has 0 aromatic heterocycles. The van der Waals surface area contributed by atoms with Crippen LogP contribution in [0.3, 0.4) is 0 Å². The van der Waals surface area contributed by atoms with Gasteiger partial charge >= 0.3 is 17.1 Å². The Morgan fingerprint density at radius 3 is 1.44 bits per heavy atom. The molecule has 2 aliphatic carbocycles. The van der Waals surface area contributed by atoms with Gasteiger partial charge in [-0.3, -0.25) is 0 Å². The summed E-state index contributed by atoms with van der Waals surface area (Å²) in [6.45, 7) is 21.2. The Balaban J connectivity index is 2.52. The fourth-order valence-electron chi connectivity index (χ4n) is 8.38. The van der Waals surface area contributed by atoms with Crippen molar-refractivity contribution in [2.75, 3.05) is 6.54 Å². The number of rotatable bonds is 22. The van der Waals surface area contributed by atoms with E-state index < -0.39 is 33.8 Å². The van der Waals surface area contributed by atoms with Crippen LogP contribution in [0, 0.1) is 6.92 Å². The van der Waals surface area contributed by atoms with E-state index in [1.165, 1.54) is 94.8 Å². The van der Waals surface area contributed by atoms with Gasteiger partial charge in [-0.1, -0.05) is 125 Å². The van der Waals surface area contributed by atoms with E-state index in [4.69, 9.17) is 25.0 Å². The first-order valence-corrected chi connectivity index (χ1v) is 27.6. The Labute approximate surface area is 261 Å². The largest absolute Gasteiger partial charge is 0.436 e. The Hall–Kier alpha value is 0.708. The second kappa shape index (κ2) is 19.3. The predicted octanol–water partition coefficient (Wildman–Crippen LogP) is 11.2. The Morgan fingerprint density at radius 1 is 0.537 bits per heavy atom. The number of nitrogens with two attached hydrogens (primary N) is 1. The van der Waals surface area contributed by atoms with Crippen LogP contribution in [0.15, 0.2) is 0 Å². The summed E-state index contributed by atoms with van der Waals surface area (Å²) in [5.41, 5.74) is 7.63. The average Bonchev–Trinajstić information content (AvgIpc) is 3.03. The third kappa shape index (κ3) is 10.4. The van der Waals surface area contributed by atoms with Crippen molar-refractivity contribution in [2.45, 2.75) is 197 Å². The highest BCUT2D eigenvalue weighted by atomic mass is 28.5.